The van der Waals surface area contributed by atoms with Crippen LogP contribution in [0.2, 0.25) is 0 Å². The van der Waals surface area contributed by atoms with Gasteiger partial charge in [-0.25, -0.2) is 0 Å². The first-order chi connectivity index (χ1) is 10.2. The Morgan fingerprint density at radius 1 is 1.62 bits per heavy atom. The second-order valence-electron chi connectivity index (χ2n) is 5.02. The van der Waals surface area contributed by atoms with Crippen LogP contribution >= 0.6 is 0 Å². The molecular weight excluding hydrogens is 270 g/mol. The molecule has 1 aliphatic carbocycles. The quantitative estimate of drug-likeness (QED) is 0.300. The first kappa shape index (κ1) is 15.1. The Hall–Kier alpha value is -2.31. The first-order valence-electron chi connectivity index (χ1n) is 7.13. The highest BCUT2D eigenvalue weighted by Crippen LogP contribution is 2.31. The van der Waals surface area contributed by atoms with Crippen molar-refractivity contribution >= 4 is 17.4 Å². The Balaban J connectivity index is 2.12. The molecule has 1 saturated carbocycles. The van der Waals surface area contributed by atoms with E-state index in [1.165, 1.54) is 0 Å². The Morgan fingerprint density at radius 3 is 3.00 bits per heavy atom. The zero-order valence-corrected chi connectivity index (χ0v) is 12.1. The maximum atomic E-state index is 11.9. The van der Waals surface area contributed by atoms with Gasteiger partial charge in [0.2, 0.25) is 0 Å². The second-order valence-corrected chi connectivity index (χ2v) is 5.02. The third-order valence-corrected chi connectivity index (χ3v) is 3.37. The van der Waals surface area contributed by atoms with Crippen LogP contribution in [0.3, 0.4) is 0 Å². The standard InChI is InChI=1S/C14H21N5O2/c1-2-16-14(20)12-9-11(5-7-17-12)19(10-3-4-10)8-6-13(15)18-21/h5,7,9-10,21H,2-4,6,8H2,1H3,(H2,15,18)(H,16,20). The maximum absolute atomic E-state index is 11.9. The maximum Gasteiger partial charge on any atom is 0.269 e. The largest absolute Gasteiger partial charge is 0.409 e. The molecule has 0 bridgehead atoms. The van der Waals surface area contributed by atoms with Crippen molar-refractivity contribution in [1.29, 1.82) is 0 Å². The number of carbonyl (C=O) groups is 1. The fraction of sp³-hybridized carbons (Fsp3) is 0.500. The Morgan fingerprint density at radius 2 is 2.38 bits per heavy atom. The molecule has 0 atom stereocenters. The highest BCUT2D eigenvalue weighted by atomic mass is 16.4. The van der Waals surface area contributed by atoms with E-state index in [0.29, 0.717) is 31.2 Å². The van der Waals surface area contributed by atoms with Gasteiger partial charge in [0.15, 0.2) is 0 Å². The number of hydrogen-bond acceptors (Lipinski definition) is 5. The summed E-state index contributed by atoms with van der Waals surface area (Å²) in [5, 5.41) is 14.4. The van der Waals surface area contributed by atoms with E-state index >= 15 is 0 Å². The summed E-state index contributed by atoms with van der Waals surface area (Å²) in [6, 6.07) is 4.13. The number of carbonyl (C=O) groups excluding carboxylic acids is 1. The van der Waals surface area contributed by atoms with E-state index in [2.05, 4.69) is 20.4 Å². The van der Waals surface area contributed by atoms with E-state index in [4.69, 9.17) is 10.9 Å². The third-order valence-electron chi connectivity index (χ3n) is 3.37. The van der Waals surface area contributed by atoms with E-state index < -0.39 is 0 Å². The van der Waals surface area contributed by atoms with Crippen LogP contribution in [-0.2, 0) is 0 Å². The number of anilines is 1. The van der Waals surface area contributed by atoms with Gasteiger partial charge in [-0.05, 0) is 31.9 Å². The zero-order valence-electron chi connectivity index (χ0n) is 12.1. The highest BCUT2D eigenvalue weighted by Gasteiger charge is 2.29. The number of aromatic nitrogens is 1. The number of oxime groups is 1. The number of nitrogens with zero attached hydrogens (tertiary/aromatic N) is 3. The molecule has 1 aliphatic rings. The monoisotopic (exact) mass is 291 g/mol. The highest BCUT2D eigenvalue weighted by molar-refractivity contribution is 5.93. The number of nitrogens with two attached hydrogens (primary N) is 1. The van der Waals surface area contributed by atoms with Crippen molar-refractivity contribution in [2.45, 2.75) is 32.2 Å². The molecule has 0 unspecified atom stereocenters. The van der Waals surface area contributed by atoms with Crippen molar-refractivity contribution in [3.63, 3.8) is 0 Å². The lowest BCUT2D eigenvalue weighted by Crippen LogP contribution is -2.31. The molecule has 0 aromatic carbocycles. The minimum atomic E-state index is -0.175. The molecule has 0 aliphatic heterocycles. The third kappa shape index (κ3) is 4.08. The molecule has 1 amide bonds. The Labute approximate surface area is 123 Å². The van der Waals surface area contributed by atoms with Gasteiger partial charge in [-0.15, -0.1) is 0 Å². The summed E-state index contributed by atoms with van der Waals surface area (Å²) < 4.78 is 0. The van der Waals surface area contributed by atoms with Gasteiger partial charge in [-0.2, -0.15) is 0 Å². The van der Waals surface area contributed by atoms with Crippen LogP contribution in [0.5, 0.6) is 0 Å². The van der Waals surface area contributed by atoms with Crippen LogP contribution in [-0.4, -0.2) is 41.1 Å². The molecule has 7 nitrogen and oxygen atoms in total. The average molecular weight is 291 g/mol. The molecule has 2 rings (SSSR count). The fourth-order valence-electron chi connectivity index (χ4n) is 2.17. The molecule has 1 heterocycles. The first-order valence-corrected chi connectivity index (χ1v) is 7.13. The lowest BCUT2D eigenvalue weighted by Gasteiger charge is -2.24. The summed E-state index contributed by atoms with van der Waals surface area (Å²) in [6.07, 6.45) is 4.36. The molecule has 114 valence electrons. The van der Waals surface area contributed by atoms with Gasteiger partial charge in [0.1, 0.15) is 11.5 Å². The van der Waals surface area contributed by atoms with Gasteiger partial charge in [-0.3, -0.25) is 9.78 Å². The lowest BCUT2D eigenvalue weighted by molar-refractivity contribution is 0.0951. The predicted octanol–water partition coefficient (Wildman–Crippen LogP) is 0.937. The molecule has 0 radical (unpaired) electrons. The van der Waals surface area contributed by atoms with Crippen molar-refractivity contribution in [2.24, 2.45) is 10.9 Å². The molecule has 0 spiro atoms. The zero-order chi connectivity index (χ0) is 15.2. The summed E-state index contributed by atoms with van der Waals surface area (Å²) in [6.45, 7) is 3.09. The van der Waals surface area contributed by atoms with Crippen LogP contribution in [0, 0.1) is 0 Å². The number of amidine groups is 1. The fourth-order valence-corrected chi connectivity index (χ4v) is 2.17. The van der Waals surface area contributed by atoms with Crippen molar-refractivity contribution in [3.05, 3.63) is 24.0 Å². The predicted molar refractivity (Wildman–Crippen MR) is 80.6 cm³/mol. The molecular formula is C14H21N5O2. The summed E-state index contributed by atoms with van der Waals surface area (Å²) in [4.78, 5) is 18.1. The van der Waals surface area contributed by atoms with Crippen LogP contribution < -0.4 is 16.0 Å². The van der Waals surface area contributed by atoms with Gasteiger partial charge in [0.25, 0.3) is 5.91 Å². The molecule has 1 fully saturated rings. The van der Waals surface area contributed by atoms with Crippen LogP contribution in [0.25, 0.3) is 0 Å². The molecule has 21 heavy (non-hydrogen) atoms. The van der Waals surface area contributed by atoms with Gasteiger partial charge in [0, 0.05) is 37.4 Å². The molecule has 7 heteroatoms. The minimum absolute atomic E-state index is 0.175. The van der Waals surface area contributed by atoms with Crippen molar-refractivity contribution in [2.75, 3.05) is 18.0 Å². The molecule has 1 aromatic rings. The lowest BCUT2D eigenvalue weighted by atomic mass is 10.2. The number of hydrogen-bond donors (Lipinski definition) is 3. The van der Waals surface area contributed by atoms with Crippen LogP contribution in [0.4, 0.5) is 5.69 Å². The Bertz CT molecular complexity index is 528. The van der Waals surface area contributed by atoms with Crippen molar-refractivity contribution in [3.8, 4) is 0 Å². The SMILES string of the molecule is CCNC(=O)c1cc(N(CCC(N)=NO)C2CC2)ccn1. The van der Waals surface area contributed by atoms with Gasteiger partial charge in [0.05, 0.1) is 0 Å². The summed E-state index contributed by atoms with van der Waals surface area (Å²) in [5.41, 5.74) is 6.88. The molecule has 0 saturated heterocycles. The summed E-state index contributed by atoms with van der Waals surface area (Å²) in [5.74, 6) is 0.0326. The van der Waals surface area contributed by atoms with Gasteiger partial charge < -0.3 is 21.2 Å². The number of pyridine rings is 1. The van der Waals surface area contributed by atoms with Crippen molar-refractivity contribution < 1.29 is 10.0 Å². The van der Waals surface area contributed by atoms with Gasteiger partial charge in [-0.1, -0.05) is 5.16 Å². The van der Waals surface area contributed by atoms with Gasteiger partial charge >= 0.3 is 0 Å². The second kappa shape index (κ2) is 6.92. The van der Waals surface area contributed by atoms with Crippen LogP contribution in [0.1, 0.15) is 36.7 Å². The van der Waals surface area contributed by atoms with E-state index in [1.54, 1.807) is 12.3 Å². The smallest absolute Gasteiger partial charge is 0.269 e. The number of rotatable bonds is 7. The van der Waals surface area contributed by atoms with Crippen LogP contribution in [0.15, 0.2) is 23.5 Å². The van der Waals surface area contributed by atoms with E-state index in [9.17, 15) is 4.79 Å². The van der Waals surface area contributed by atoms with E-state index in [-0.39, 0.29) is 11.7 Å². The topological polar surface area (TPSA) is 104 Å². The minimum Gasteiger partial charge on any atom is -0.409 e. The van der Waals surface area contributed by atoms with Crippen molar-refractivity contribution in [1.82, 2.24) is 10.3 Å². The molecule has 1 aromatic heterocycles. The Kier molecular flexibility index (Phi) is 4.97. The average Bonchev–Trinajstić information content (AvgIpc) is 3.32. The number of nitrogens with one attached hydrogen (secondary N) is 1. The normalized spacial score (nSPS) is 14.8. The molecule has 4 N–H and O–H groups in total. The summed E-state index contributed by atoms with van der Waals surface area (Å²) in [7, 11) is 0. The number of amides is 1. The van der Waals surface area contributed by atoms with E-state index in [1.807, 2.05) is 13.0 Å². The summed E-state index contributed by atoms with van der Waals surface area (Å²) >= 11 is 0. The van der Waals surface area contributed by atoms with E-state index in [0.717, 1.165) is 18.5 Å².